The van der Waals surface area contributed by atoms with E-state index in [4.69, 9.17) is 5.73 Å². The first-order chi connectivity index (χ1) is 5.74. The first-order valence-corrected chi connectivity index (χ1v) is 4.33. The fourth-order valence-corrected chi connectivity index (χ4v) is 1.13. The van der Waals surface area contributed by atoms with Crippen molar-refractivity contribution in [2.45, 2.75) is 19.9 Å². The summed E-state index contributed by atoms with van der Waals surface area (Å²) >= 11 is 0. The summed E-state index contributed by atoms with van der Waals surface area (Å²) in [5, 5.41) is 3.35. The molecule has 0 aromatic carbocycles. The van der Waals surface area contributed by atoms with Gasteiger partial charge >= 0.3 is 0 Å². The predicted octanol–water partition coefficient (Wildman–Crippen LogP) is 1.41. The van der Waals surface area contributed by atoms with Gasteiger partial charge in [-0.3, -0.25) is 0 Å². The summed E-state index contributed by atoms with van der Waals surface area (Å²) in [5.74, 6) is 0.560. The number of anilines is 1. The van der Waals surface area contributed by atoms with Crippen molar-refractivity contribution < 1.29 is 0 Å². The highest BCUT2D eigenvalue weighted by atomic mass is 15.0. The zero-order chi connectivity index (χ0) is 8.97. The van der Waals surface area contributed by atoms with Gasteiger partial charge in [0.05, 0.1) is 5.69 Å². The van der Waals surface area contributed by atoms with Crippen LogP contribution in [0.15, 0.2) is 18.5 Å². The van der Waals surface area contributed by atoms with E-state index in [9.17, 15) is 0 Å². The number of rotatable bonds is 4. The molecule has 0 saturated carbocycles. The van der Waals surface area contributed by atoms with Crippen LogP contribution in [0.5, 0.6) is 0 Å². The average Bonchev–Trinajstić information content (AvgIpc) is 2.51. The first-order valence-electron chi connectivity index (χ1n) is 4.33. The summed E-state index contributed by atoms with van der Waals surface area (Å²) < 4.78 is 0. The lowest BCUT2D eigenvalue weighted by Crippen LogP contribution is -2.33. The molecule has 3 heteroatoms. The Morgan fingerprint density at radius 3 is 2.75 bits per heavy atom. The maximum Gasteiger partial charge on any atom is 0.0520 e. The van der Waals surface area contributed by atoms with Crippen LogP contribution in [0.3, 0.4) is 0 Å². The number of nitrogens with two attached hydrogens (primary N) is 1. The van der Waals surface area contributed by atoms with Gasteiger partial charge in [-0.25, -0.2) is 0 Å². The van der Waals surface area contributed by atoms with Gasteiger partial charge in [0.1, 0.15) is 0 Å². The van der Waals surface area contributed by atoms with E-state index >= 15 is 0 Å². The molecule has 0 bridgehead atoms. The van der Waals surface area contributed by atoms with Crippen LogP contribution in [0.4, 0.5) is 5.69 Å². The molecule has 3 nitrogen and oxygen atoms in total. The van der Waals surface area contributed by atoms with Crippen molar-refractivity contribution in [2.75, 3.05) is 11.9 Å². The number of H-pyrrole nitrogens is 1. The largest absolute Gasteiger partial charge is 0.380 e. The lowest BCUT2D eigenvalue weighted by molar-refractivity contribution is 0.531. The van der Waals surface area contributed by atoms with Crippen LogP contribution in [0.25, 0.3) is 0 Å². The molecule has 0 aliphatic rings. The first kappa shape index (κ1) is 9.13. The Hall–Kier alpha value is -0.960. The minimum Gasteiger partial charge on any atom is -0.380 e. The Balaban J connectivity index is 2.48. The van der Waals surface area contributed by atoms with Gasteiger partial charge in [-0.1, -0.05) is 13.8 Å². The molecule has 1 atom stereocenters. The number of aromatic nitrogens is 1. The van der Waals surface area contributed by atoms with E-state index < -0.39 is 0 Å². The Labute approximate surface area is 73.4 Å². The highest BCUT2D eigenvalue weighted by Crippen LogP contribution is 2.10. The molecular weight excluding hydrogens is 150 g/mol. The smallest absolute Gasteiger partial charge is 0.0520 e. The Morgan fingerprint density at radius 1 is 1.58 bits per heavy atom. The SMILES string of the molecule is CC(C)C(CN)Nc1cc[nH]c1. The molecule has 0 aliphatic heterocycles. The molecule has 0 radical (unpaired) electrons. The molecule has 0 amide bonds. The highest BCUT2D eigenvalue weighted by molar-refractivity contribution is 5.41. The molecule has 0 spiro atoms. The van der Waals surface area contributed by atoms with Gasteiger partial charge in [0, 0.05) is 25.0 Å². The number of aromatic amines is 1. The molecule has 1 heterocycles. The normalized spacial score (nSPS) is 13.3. The third-order valence-electron chi connectivity index (χ3n) is 2.01. The zero-order valence-corrected chi connectivity index (χ0v) is 7.67. The van der Waals surface area contributed by atoms with Crippen molar-refractivity contribution in [3.63, 3.8) is 0 Å². The lowest BCUT2D eigenvalue weighted by atomic mass is 10.0. The molecule has 1 unspecified atom stereocenters. The lowest BCUT2D eigenvalue weighted by Gasteiger charge is -2.20. The van der Waals surface area contributed by atoms with E-state index in [2.05, 4.69) is 24.1 Å². The molecule has 1 rings (SSSR count). The monoisotopic (exact) mass is 167 g/mol. The van der Waals surface area contributed by atoms with Crippen molar-refractivity contribution >= 4 is 5.69 Å². The maximum atomic E-state index is 5.62. The van der Waals surface area contributed by atoms with Crippen molar-refractivity contribution in [2.24, 2.45) is 11.7 Å². The summed E-state index contributed by atoms with van der Waals surface area (Å²) in [6, 6.07) is 2.37. The van der Waals surface area contributed by atoms with E-state index in [1.54, 1.807) is 0 Å². The minimum atomic E-state index is 0.362. The Morgan fingerprint density at radius 2 is 2.33 bits per heavy atom. The second-order valence-electron chi connectivity index (χ2n) is 3.33. The zero-order valence-electron chi connectivity index (χ0n) is 7.67. The molecule has 1 aromatic heterocycles. The van der Waals surface area contributed by atoms with Crippen LogP contribution >= 0.6 is 0 Å². The summed E-state index contributed by atoms with van der Waals surface area (Å²) in [7, 11) is 0. The van der Waals surface area contributed by atoms with Gasteiger partial charge in [0.2, 0.25) is 0 Å². The van der Waals surface area contributed by atoms with Crippen LogP contribution in [0.1, 0.15) is 13.8 Å². The molecule has 0 aliphatic carbocycles. The fourth-order valence-electron chi connectivity index (χ4n) is 1.13. The van der Waals surface area contributed by atoms with Crippen molar-refractivity contribution in [1.29, 1.82) is 0 Å². The van der Waals surface area contributed by atoms with Gasteiger partial charge in [-0.15, -0.1) is 0 Å². The van der Waals surface area contributed by atoms with Crippen molar-refractivity contribution in [3.05, 3.63) is 18.5 Å². The third kappa shape index (κ3) is 2.27. The average molecular weight is 167 g/mol. The van der Waals surface area contributed by atoms with E-state index in [0.29, 0.717) is 18.5 Å². The Kier molecular flexibility index (Phi) is 3.17. The third-order valence-corrected chi connectivity index (χ3v) is 2.01. The minimum absolute atomic E-state index is 0.362. The maximum absolute atomic E-state index is 5.62. The number of nitrogens with one attached hydrogen (secondary N) is 2. The molecule has 1 aromatic rings. The quantitative estimate of drug-likeness (QED) is 0.635. The van der Waals surface area contributed by atoms with Gasteiger partial charge < -0.3 is 16.0 Å². The predicted molar refractivity (Wildman–Crippen MR) is 52.1 cm³/mol. The summed E-state index contributed by atoms with van der Waals surface area (Å²) in [6.07, 6.45) is 3.83. The fraction of sp³-hybridized carbons (Fsp3) is 0.556. The van der Waals surface area contributed by atoms with Crippen LogP contribution in [0, 0.1) is 5.92 Å². The van der Waals surface area contributed by atoms with Crippen molar-refractivity contribution in [1.82, 2.24) is 4.98 Å². The van der Waals surface area contributed by atoms with E-state index in [1.165, 1.54) is 0 Å². The Bertz CT molecular complexity index is 204. The van der Waals surface area contributed by atoms with Crippen LogP contribution < -0.4 is 11.1 Å². The van der Waals surface area contributed by atoms with Crippen LogP contribution in [-0.2, 0) is 0 Å². The highest BCUT2D eigenvalue weighted by Gasteiger charge is 2.10. The van der Waals surface area contributed by atoms with Gasteiger partial charge in [0.25, 0.3) is 0 Å². The van der Waals surface area contributed by atoms with Crippen molar-refractivity contribution in [3.8, 4) is 0 Å². The summed E-state index contributed by atoms with van der Waals surface area (Å²) in [6.45, 7) is 5.00. The topological polar surface area (TPSA) is 53.8 Å². The number of hydrogen-bond acceptors (Lipinski definition) is 2. The molecule has 12 heavy (non-hydrogen) atoms. The second kappa shape index (κ2) is 4.16. The summed E-state index contributed by atoms with van der Waals surface area (Å²) in [4.78, 5) is 2.99. The van der Waals surface area contributed by atoms with E-state index in [1.807, 2.05) is 18.5 Å². The van der Waals surface area contributed by atoms with E-state index in [-0.39, 0.29) is 0 Å². The second-order valence-corrected chi connectivity index (χ2v) is 3.33. The molecular formula is C9H17N3. The van der Waals surface area contributed by atoms with Crippen LogP contribution in [-0.4, -0.2) is 17.6 Å². The molecule has 68 valence electrons. The number of hydrogen-bond donors (Lipinski definition) is 3. The van der Waals surface area contributed by atoms with E-state index in [0.717, 1.165) is 5.69 Å². The molecule has 0 fully saturated rings. The van der Waals surface area contributed by atoms with Gasteiger partial charge in [-0.05, 0) is 12.0 Å². The standard InChI is InChI=1S/C9H17N3/c1-7(2)9(5-10)12-8-3-4-11-6-8/h3-4,6-7,9,11-12H,5,10H2,1-2H3. The van der Waals surface area contributed by atoms with Gasteiger partial charge in [0.15, 0.2) is 0 Å². The molecule has 4 N–H and O–H groups in total. The van der Waals surface area contributed by atoms with Gasteiger partial charge in [-0.2, -0.15) is 0 Å². The molecule has 0 saturated heterocycles. The summed E-state index contributed by atoms with van der Waals surface area (Å²) in [5.41, 5.74) is 6.73. The van der Waals surface area contributed by atoms with Crippen LogP contribution in [0.2, 0.25) is 0 Å².